The van der Waals surface area contributed by atoms with E-state index in [-0.39, 0.29) is 17.9 Å². The first-order valence-corrected chi connectivity index (χ1v) is 5.09. The minimum Gasteiger partial charge on any atom is -0.380 e. The number of nitrogens with two attached hydrogens (primary N) is 1. The van der Waals surface area contributed by atoms with E-state index in [2.05, 4.69) is 5.32 Å². The van der Waals surface area contributed by atoms with Gasteiger partial charge in [-0.2, -0.15) is 0 Å². The first kappa shape index (κ1) is 13.4. The monoisotopic (exact) mass is 202 g/mol. The smallest absolute Gasteiger partial charge is 0.237 e. The van der Waals surface area contributed by atoms with Crippen LogP contribution in [0, 0.1) is 5.92 Å². The molecule has 3 N–H and O–H groups in total. The van der Waals surface area contributed by atoms with Gasteiger partial charge in [0.05, 0.1) is 12.1 Å². The van der Waals surface area contributed by atoms with Gasteiger partial charge in [0.2, 0.25) is 5.91 Å². The molecule has 0 saturated heterocycles. The molecule has 0 aromatic heterocycles. The Hall–Kier alpha value is -0.610. The van der Waals surface area contributed by atoms with Gasteiger partial charge in [-0.1, -0.05) is 20.3 Å². The number of rotatable bonds is 6. The summed E-state index contributed by atoms with van der Waals surface area (Å²) in [5.74, 6) is 0.121. The van der Waals surface area contributed by atoms with E-state index in [0.717, 1.165) is 6.42 Å². The molecule has 0 saturated carbocycles. The molecule has 4 heteroatoms. The van der Waals surface area contributed by atoms with Gasteiger partial charge < -0.3 is 15.8 Å². The SMILES string of the molecule is CCC(C)[C@H](N)C(=O)NCC(C)OC. The lowest BCUT2D eigenvalue weighted by atomic mass is 9.99. The van der Waals surface area contributed by atoms with Crippen LogP contribution in [-0.4, -0.2) is 31.7 Å². The summed E-state index contributed by atoms with van der Waals surface area (Å²) in [6, 6.07) is -0.413. The number of ether oxygens (including phenoxy) is 1. The Morgan fingerprint density at radius 1 is 1.50 bits per heavy atom. The first-order chi connectivity index (χ1) is 6.52. The summed E-state index contributed by atoms with van der Waals surface area (Å²) < 4.78 is 5.01. The molecule has 14 heavy (non-hydrogen) atoms. The zero-order chi connectivity index (χ0) is 11.1. The third-order valence-corrected chi connectivity index (χ3v) is 2.53. The maximum absolute atomic E-state index is 11.5. The van der Waals surface area contributed by atoms with Gasteiger partial charge in [-0.15, -0.1) is 0 Å². The molecule has 0 rings (SSSR count). The maximum Gasteiger partial charge on any atom is 0.237 e. The van der Waals surface area contributed by atoms with Crippen LogP contribution in [0.25, 0.3) is 0 Å². The second-order valence-corrected chi connectivity index (χ2v) is 3.70. The molecule has 84 valence electrons. The fourth-order valence-corrected chi connectivity index (χ4v) is 0.958. The Bertz CT molecular complexity index is 174. The van der Waals surface area contributed by atoms with Crippen LogP contribution in [-0.2, 0) is 9.53 Å². The number of nitrogens with one attached hydrogen (secondary N) is 1. The quantitative estimate of drug-likeness (QED) is 0.659. The van der Waals surface area contributed by atoms with E-state index in [1.165, 1.54) is 0 Å². The van der Waals surface area contributed by atoms with Gasteiger partial charge >= 0.3 is 0 Å². The minimum absolute atomic E-state index is 0.0306. The Labute approximate surface area is 86.2 Å². The predicted octanol–water partition coefficient (Wildman–Crippen LogP) is 0.511. The van der Waals surface area contributed by atoms with Crippen molar-refractivity contribution in [1.82, 2.24) is 5.32 Å². The van der Waals surface area contributed by atoms with E-state index in [9.17, 15) is 4.79 Å². The van der Waals surface area contributed by atoms with Crippen molar-refractivity contribution in [2.45, 2.75) is 39.3 Å². The molecule has 0 bridgehead atoms. The number of hydrogen-bond acceptors (Lipinski definition) is 3. The Morgan fingerprint density at radius 3 is 2.50 bits per heavy atom. The second-order valence-electron chi connectivity index (χ2n) is 3.70. The summed E-state index contributed by atoms with van der Waals surface area (Å²) >= 11 is 0. The molecule has 0 aliphatic heterocycles. The van der Waals surface area contributed by atoms with Crippen LogP contribution < -0.4 is 11.1 Å². The molecular formula is C10H22N2O2. The van der Waals surface area contributed by atoms with Gasteiger partial charge in [0.25, 0.3) is 0 Å². The molecule has 0 fully saturated rings. The summed E-state index contributed by atoms with van der Waals surface area (Å²) in [5.41, 5.74) is 5.75. The highest BCUT2D eigenvalue weighted by atomic mass is 16.5. The summed E-state index contributed by atoms with van der Waals surface area (Å²) in [7, 11) is 1.62. The molecule has 0 aliphatic carbocycles. The zero-order valence-corrected chi connectivity index (χ0v) is 9.54. The van der Waals surface area contributed by atoms with Crippen LogP contribution in [0.1, 0.15) is 27.2 Å². The fraction of sp³-hybridized carbons (Fsp3) is 0.900. The Morgan fingerprint density at radius 2 is 2.07 bits per heavy atom. The van der Waals surface area contributed by atoms with Gasteiger partial charge in [-0.05, 0) is 12.8 Å². The second kappa shape index (κ2) is 6.79. The highest BCUT2D eigenvalue weighted by Gasteiger charge is 2.19. The van der Waals surface area contributed by atoms with Crippen LogP contribution in [0.15, 0.2) is 0 Å². The number of amides is 1. The first-order valence-electron chi connectivity index (χ1n) is 5.09. The number of carbonyl (C=O) groups excluding carboxylic acids is 1. The van der Waals surface area contributed by atoms with Crippen molar-refractivity contribution < 1.29 is 9.53 Å². The standard InChI is InChI=1S/C10H22N2O2/c1-5-7(2)9(11)10(13)12-6-8(3)14-4/h7-9H,5-6,11H2,1-4H3,(H,12,13)/t7?,8?,9-/m0/s1. The molecule has 4 nitrogen and oxygen atoms in total. The number of methoxy groups -OCH3 is 1. The molecular weight excluding hydrogens is 180 g/mol. The maximum atomic E-state index is 11.5. The number of hydrogen-bond donors (Lipinski definition) is 2. The van der Waals surface area contributed by atoms with Gasteiger partial charge in [0.15, 0.2) is 0 Å². The molecule has 1 amide bonds. The lowest BCUT2D eigenvalue weighted by molar-refractivity contribution is -0.123. The highest BCUT2D eigenvalue weighted by Crippen LogP contribution is 2.04. The minimum atomic E-state index is -0.413. The van der Waals surface area contributed by atoms with Crippen molar-refractivity contribution in [2.75, 3.05) is 13.7 Å². The van der Waals surface area contributed by atoms with Crippen LogP contribution in [0.4, 0.5) is 0 Å². The summed E-state index contributed by atoms with van der Waals surface area (Å²) in [6.07, 6.45) is 0.942. The molecule has 0 radical (unpaired) electrons. The predicted molar refractivity (Wildman–Crippen MR) is 56.9 cm³/mol. The van der Waals surface area contributed by atoms with Crippen molar-refractivity contribution in [3.05, 3.63) is 0 Å². The lowest BCUT2D eigenvalue weighted by Gasteiger charge is -2.19. The average molecular weight is 202 g/mol. The average Bonchev–Trinajstić information content (AvgIpc) is 2.22. The van der Waals surface area contributed by atoms with Crippen LogP contribution in [0.5, 0.6) is 0 Å². The summed E-state index contributed by atoms with van der Waals surface area (Å²) in [5, 5.41) is 2.76. The van der Waals surface area contributed by atoms with E-state index < -0.39 is 6.04 Å². The van der Waals surface area contributed by atoms with Crippen molar-refractivity contribution in [3.8, 4) is 0 Å². The Kier molecular flexibility index (Phi) is 6.49. The lowest BCUT2D eigenvalue weighted by Crippen LogP contribution is -2.46. The molecule has 0 aromatic carbocycles. The molecule has 0 spiro atoms. The van der Waals surface area contributed by atoms with E-state index in [1.54, 1.807) is 7.11 Å². The van der Waals surface area contributed by atoms with Crippen LogP contribution in [0.2, 0.25) is 0 Å². The summed E-state index contributed by atoms with van der Waals surface area (Å²) in [6.45, 7) is 6.41. The zero-order valence-electron chi connectivity index (χ0n) is 9.54. The molecule has 0 heterocycles. The molecule has 3 atom stereocenters. The Balaban J connectivity index is 3.84. The van der Waals surface area contributed by atoms with Crippen LogP contribution in [0.3, 0.4) is 0 Å². The molecule has 2 unspecified atom stereocenters. The highest BCUT2D eigenvalue weighted by molar-refractivity contribution is 5.81. The third-order valence-electron chi connectivity index (χ3n) is 2.53. The van der Waals surface area contributed by atoms with Gasteiger partial charge in [-0.25, -0.2) is 0 Å². The van der Waals surface area contributed by atoms with Crippen LogP contribution >= 0.6 is 0 Å². The fourth-order valence-electron chi connectivity index (χ4n) is 0.958. The third kappa shape index (κ3) is 4.58. The van der Waals surface area contributed by atoms with Crippen molar-refractivity contribution >= 4 is 5.91 Å². The van der Waals surface area contributed by atoms with E-state index in [4.69, 9.17) is 10.5 Å². The van der Waals surface area contributed by atoms with Gasteiger partial charge in [-0.3, -0.25) is 4.79 Å². The van der Waals surface area contributed by atoms with Gasteiger partial charge in [0.1, 0.15) is 0 Å². The van der Waals surface area contributed by atoms with E-state index in [0.29, 0.717) is 6.54 Å². The van der Waals surface area contributed by atoms with Crippen molar-refractivity contribution in [2.24, 2.45) is 11.7 Å². The van der Waals surface area contributed by atoms with Gasteiger partial charge in [0, 0.05) is 13.7 Å². The topological polar surface area (TPSA) is 64.4 Å². The number of carbonyl (C=O) groups is 1. The van der Waals surface area contributed by atoms with E-state index >= 15 is 0 Å². The molecule has 0 aliphatic rings. The van der Waals surface area contributed by atoms with Crippen molar-refractivity contribution in [3.63, 3.8) is 0 Å². The molecule has 0 aromatic rings. The van der Waals surface area contributed by atoms with Crippen molar-refractivity contribution in [1.29, 1.82) is 0 Å². The van der Waals surface area contributed by atoms with E-state index in [1.807, 2.05) is 20.8 Å². The summed E-state index contributed by atoms with van der Waals surface area (Å²) in [4.78, 5) is 11.5. The largest absolute Gasteiger partial charge is 0.380 e. The normalized spacial score (nSPS) is 17.2.